The van der Waals surface area contributed by atoms with Crippen molar-refractivity contribution in [2.75, 3.05) is 6.54 Å². The highest BCUT2D eigenvalue weighted by Gasteiger charge is 2.36. The minimum atomic E-state index is 0.670. The molecule has 1 aliphatic rings. The van der Waals surface area contributed by atoms with E-state index in [9.17, 15) is 0 Å². The molecule has 0 aliphatic heterocycles. The van der Waals surface area contributed by atoms with Crippen molar-refractivity contribution in [2.45, 2.75) is 32.2 Å². The molecule has 0 amide bonds. The zero-order valence-electron chi connectivity index (χ0n) is 10.6. The van der Waals surface area contributed by atoms with Gasteiger partial charge in [-0.05, 0) is 24.5 Å². The highest BCUT2D eigenvalue weighted by Crippen LogP contribution is 2.47. The van der Waals surface area contributed by atoms with Gasteiger partial charge in [0.2, 0.25) is 0 Å². The average molecular weight is 245 g/mol. The zero-order valence-corrected chi connectivity index (χ0v) is 10.6. The lowest BCUT2D eigenvalue weighted by Crippen LogP contribution is -2.16. The number of nitrogens with one attached hydrogen (secondary N) is 2. The number of hydrogen-bond donors (Lipinski definition) is 2. The lowest BCUT2D eigenvalue weighted by atomic mass is 10.3. The molecule has 4 heteroatoms. The Labute approximate surface area is 107 Å². The molecular weight excluding hydrogens is 226 g/mol. The van der Waals surface area contributed by atoms with Crippen molar-refractivity contribution in [3.8, 4) is 0 Å². The monoisotopic (exact) mass is 245 g/mol. The minimum absolute atomic E-state index is 0.670. The topological polar surface area (TPSA) is 53.9 Å². The van der Waals surface area contributed by atoms with Crippen molar-refractivity contribution >= 4 is 0 Å². The Kier molecular flexibility index (Phi) is 3.19. The summed E-state index contributed by atoms with van der Waals surface area (Å²) in [6, 6.07) is 4.21. The molecule has 0 bridgehead atoms. The maximum absolute atomic E-state index is 5.83. The summed E-state index contributed by atoms with van der Waals surface area (Å²) in [6.45, 7) is 4.00. The summed E-state index contributed by atoms with van der Waals surface area (Å²) in [7, 11) is 0. The Hall–Kier alpha value is -1.55. The van der Waals surface area contributed by atoms with Crippen LogP contribution in [-0.2, 0) is 13.0 Å². The van der Waals surface area contributed by atoms with Crippen molar-refractivity contribution in [3.63, 3.8) is 0 Å². The van der Waals surface area contributed by atoms with Gasteiger partial charge < -0.3 is 14.7 Å². The van der Waals surface area contributed by atoms with E-state index in [1.165, 1.54) is 6.42 Å². The van der Waals surface area contributed by atoms with Crippen LogP contribution in [0.3, 0.4) is 0 Å². The molecule has 1 fully saturated rings. The van der Waals surface area contributed by atoms with Crippen molar-refractivity contribution in [1.82, 2.24) is 15.3 Å². The third-order valence-electron chi connectivity index (χ3n) is 3.58. The Balaban J connectivity index is 1.41. The Morgan fingerprint density at radius 1 is 1.50 bits per heavy atom. The molecule has 0 spiro atoms. The summed E-state index contributed by atoms with van der Waals surface area (Å²) in [4.78, 5) is 7.09. The molecule has 18 heavy (non-hydrogen) atoms. The van der Waals surface area contributed by atoms with Crippen molar-refractivity contribution in [2.24, 2.45) is 5.92 Å². The third-order valence-corrected chi connectivity index (χ3v) is 3.58. The van der Waals surface area contributed by atoms with E-state index in [4.69, 9.17) is 4.42 Å². The first-order valence-corrected chi connectivity index (χ1v) is 6.59. The summed E-state index contributed by atoms with van der Waals surface area (Å²) < 4.78 is 5.83. The van der Waals surface area contributed by atoms with Gasteiger partial charge in [0, 0.05) is 30.8 Å². The number of hydrogen-bond acceptors (Lipinski definition) is 3. The molecule has 0 radical (unpaired) electrons. The molecule has 3 rings (SSSR count). The van der Waals surface area contributed by atoms with Crippen LogP contribution in [0.5, 0.6) is 0 Å². The fourth-order valence-electron chi connectivity index (χ4n) is 2.26. The maximum Gasteiger partial charge on any atom is 0.117 e. The van der Waals surface area contributed by atoms with E-state index < -0.39 is 0 Å². The van der Waals surface area contributed by atoms with Crippen molar-refractivity contribution in [1.29, 1.82) is 0 Å². The van der Waals surface area contributed by atoms with Gasteiger partial charge >= 0.3 is 0 Å². The Morgan fingerprint density at radius 2 is 2.39 bits per heavy atom. The van der Waals surface area contributed by atoms with Gasteiger partial charge in [-0.2, -0.15) is 0 Å². The highest BCUT2D eigenvalue weighted by molar-refractivity contribution is 5.17. The van der Waals surface area contributed by atoms with E-state index in [0.29, 0.717) is 5.92 Å². The molecule has 2 N–H and O–H groups in total. The first-order chi connectivity index (χ1) is 8.83. The third kappa shape index (κ3) is 2.64. The molecule has 2 heterocycles. The Morgan fingerprint density at radius 3 is 3.11 bits per heavy atom. The maximum atomic E-state index is 5.83. The molecule has 0 saturated heterocycles. The molecule has 0 aromatic carbocycles. The van der Waals surface area contributed by atoms with Gasteiger partial charge in [0.05, 0.1) is 12.9 Å². The van der Waals surface area contributed by atoms with Crippen molar-refractivity contribution < 1.29 is 4.42 Å². The normalized spacial score (nSPS) is 22.3. The number of rotatable bonds is 6. The van der Waals surface area contributed by atoms with E-state index in [0.717, 1.165) is 42.6 Å². The molecule has 2 aromatic rings. The summed E-state index contributed by atoms with van der Waals surface area (Å²) in [6.07, 6.45) is 5.82. The highest BCUT2D eigenvalue weighted by atomic mass is 16.3. The van der Waals surface area contributed by atoms with Crippen LogP contribution in [0, 0.1) is 5.92 Å². The second-order valence-electron chi connectivity index (χ2n) is 5.13. The molecule has 96 valence electrons. The van der Waals surface area contributed by atoms with E-state index in [1.54, 1.807) is 6.33 Å². The SMILES string of the molecule is CC1CC1c1ccc(CNCCc2cnc[nH]2)o1. The fourth-order valence-corrected chi connectivity index (χ4v) is 2.26. The van der Waals surface area contributed by atoms with Crippen LogP contribution in [0.4, 0.5) is 0 Å². The van der Waals surface area contributed by atoms with E-state index in [2.05, 4.69) is 34.3 Å². The first-order valence-electron chi connectivity index (χ1n) is 6.59. The number of nitrogens with zero attached hydrogens (tertiary/aromatic N) is 1. The molecule has 2 aromatic heterocycles. The molecule has 2 unspecified atom stereocenters. The van der Waals surface area contributed by atoms with Crippen LogP contribution < -0.4 is 5.32 Å². The molecule has 4 nitrogen and oxygen atoms in total. The lowest BCUT2D eigenvalue weighted by Gasteiger charge is -2.01. The van der Waals surface area contributed by atoms with Crippen LogP contribution >= 0.6 is 0 Å². The molecule has 1 saturated carbocycles. The minimum Gasteiger partial charge on any atom is -0.464 e. The number of aromatic amines is 1. The van der Waals surface area contributed by atoms with Gasteiger partial charge in [0.1, 0.15) is 11.5 Å². The summed E-state index contributed by atoms with van der Waals surface area (Å²) >= 11 is 0. The van der Waals surface area contributed by atoms with Gasteiger partial charge in [-0.15, -0.1) is 0 Å². The second kappa shape index (κ2) is 4.98. The smallest absolute Gasteiger partial charge is 0.117 e. The van der Waals surface area contributed by atoms with Crippen LogP contribution in [0.1, 0.15) is 36.5 Å². The lowest BCUT2D eigenvalue weighted by molar-refractivity contribution is 0.445. The van der Waals surface area contributed by atoms with Gasteiger partial charge in [0.15, 0.2) is 0 Å². The van der Waals surface area contributed by atoms with Crippen LogP contribution in [0.25, 0.3) is 0 Å². The average Bonchev–Trinajstić information content (AvgIpc) is 2.86. The van der Waals surface area contributed by atoms with Gasteiger partial charge in [0.25, 0.3) is 0 Å². The van der Waals surface area contributed by atoms with Crippen LogP contribution in [0.2, 0.25) is 0 Å². The quantitative estimate of drug-likeness (QED) is 0.769. The number of furan rings is 1. The largest absolute Gasteiger partial charge is 0.464 e. The van der Waals surface area contributed by atoms with E-state index in [-0.39, 0.29) is 0 Å². The molecular formula is C14H19N3O. The fraction of sp³-hybridized carbons (Fsp3) is 0.500. The van der Waals surface area contributed by atoms with Crippen LogP contribution in [0.15, 0.2) is 29.1 Å². The standard InChI is InChI=1S/C14H19N3O/c1-10-6-13(10)14-3-2-12(18-14)8-15-5-4-11-7-16-9-17-11/h2-3,7,9-10,13,15H,4-6,8H2,1H3,(H,16,17). The van der Waals surface area contributed by atoms with Crippen molar-refractivity contribution in [3.05, 3.63) is 41.9 Å². The number of aromatic nitrogens is 2. The Bertz CT molecular complexity index is 489. The van der Waals surface area contributed by atoms with Gasteiger partial charge in [-0.1, -0.05) is 6.92 Å². The molecule has 1 aliphatic carbocycles. The van der Waals surface area contributed by atoms with Gasteiger partial charge in [-0.25, -0.2) is 4.98 Å². The predicted octanol–water partition coefficient (Wildman–Crippen LogP) is 2.46. The second-order valence-corrected chi connectivity index (χ2v) is 5.13. The number of H-pyrrole nitrogens is 1. The first kappa shape index (κ1) is 11.5. The van der Waals surface area contributed by atoms with E-state index in [1.807, 2.05) is 6.20 Å². The molecule has 2 atom stereocenters. The van der Waals surface area contributed by atoms with Gasteiger partial charge in [-0.3, -0.25) is 0 Å². The number of imidazole rings is 1. The predicted molar refractivity (Wildman–Crippen MR) is 69.2 cm³/mol. The zero-order chi connectivity index (χ0) is 12.4. The van der Waals surface area contributed by atoms with Crippen LogP contribution in [-0.4, -0.2) is 16.5 Å². The summed E-state index contributed by atoms with van der Waals surface area (Å²) in [5.41, 5.74) is 1.16. The van der Waals surface area contributed by atoms with E-state index >= 15 is 0 Å². The summed E-state index contributed by atoms with van der Waals surface area (Å²) in [5.74, 6) is 3.67. The summed E-state index contributed by atoms with van der Waals surface area (Å²) in [5, 5.41) is 3.38.